The quantitative estimate of drug-likeness (QED) is 0.370. The second-order valence-electron chi connectivity index (χ2n) is 6.90. The lowest BCUT2D eigenvalue weighted by atomic mass is 9.92. The minimum absolute atomic E-state index is 0.123. The van der Waals surface area contributed by atoms with E-state index in [1.165, 1.54) is 24.3 Å². The lowest BCUT2D eigenvalue weighted by Gasteiger charge is -2.33. The number of halogens is 7. The molecule has 0 heterocycles. The molecule has 0 aromatic heterocycles. The summed E-state index contributed by atoms with van der Waals surface area (Å²) in [5.41, 5.74) is -6.87. The first-order valence-electron chi connectivity index (χ1n) is 9.28. The van der Waals surface area contributed by atoms with Gasteiger partial charge in [0.1, 0.15) is 0 Å². The Bertz CT molecular complexity index is 1080. The lowest BCUT2D eigenvalue weighted by Crippen LogP contribution is -2.53. The van der Waals surface area contributed by atoms with Crippen LogP contribution in [0.5, 0.6) is 0 Å². The standard InChI is InChI=1S/C20H17ClF6N2O3S/c21-15-6-10-17(11-7-15)33(31,32)29(13-3-1-2-12-28)16-8-4-14(5-9-16)18(30,19(22,23)24)20(25,26)27/h4-11,30H,1-3,13H2. The number of anilines is 1. The second kappa shape index (κ2) is 9.79. The molecule has 1 N–H and O–H groups in total. The Morgan fingerprint density at radius 2 is 1.42 bits per heavy atom. The Morgan fingerprint density at radius 3 is 1.88 bits per heavy atom. The van der Waals surface area contributed by atoms with E-state index in [1.54, 1.807) is 0 Å². The Morgan fingerprint density at radius 1 is 0.909 bits per heavy atom. The van der Waals surface area contributed by atoms with Crippen LogP contribution in [0.1, 0.15) is 24.8 Å². The first kappa shape index (κ1) is 26.8. The van der Waals surface area contributed by atoms with E-state index in [2.05, 4.69) is 0 Å². The highest BCUT2D eigenvalue weighted by Gasteiger charge is 2.71. The fourth-order valence-corrected chi connectivity index (χ4v) is 4.57. The molecule has 0 spiro atoms. The van der Waals surface area contributed by atoms with Crippen molar-refractivity contribution in [2.24, 2.45) is 0 Å². The molecule has 0 unspecified atom stereocenters. The fourth-order valence-electron chi connectivity index (χ4n) is 2.94. The van der Waals surface area contributed by atoms with Crippen LogP contribution < -0.4 is 4.31 Å². The minimum Gasteiger partial charge on any atom is -0.369 e. The van der Waals surface area contributed by atoms with Crippen LogP contribution in [0.4, 0.5) is 32.0 Å². The van der Waals surface area contributed by atoms with Crippen LogP contribution in [-0.2, 0) is 15.6 Å². The Labute approximate surface area is 190 Å². The van der Waals surface area contributed by atoms with Gasteiger partial charge in [0.15, 0.2) is 0 Å². The largest absolute Gasteiger partial charge is 0.430 e. The van der Waals surface area contributed by atoms with E-state index >= 15 is 0 Å². The van der Waals surface area contributed by atoms with E-state index in [0.29, 0.717) is 18.6 Å². The van der Waals surface area contributed by atoms with Crippen LogP contribution >= 0.6 is 11.6 Å². The molecule has 2 aromatic carbocycles. The van der Waals surface area contributed by atoms with Gasteiger partial charge in [-0.2, -0.15) is 31.6 Å². The summed E-state index contributed by atoms with van der Waals surface area (Å²) in [6.07, 6.45) is -11.5. The minimum atomic E-state index is -6.07. The molecule has 0 aliphatic carbocycles. The molecule has 33 heavy (non-hydrogen) atoms. The van der Waals surface area contributed by atoms with Crippen LogP contribution in [0.15, 0.2) is 53.4 Å². The summed E-state index contributed by atoms with van der Waals surface area (Å²) >= 11 is 5.76. The molecule has 0 atom stereocenters. The average Bonchev–Trinajstić information content (AvgIpc) is 2.72. The fraction of sp³-hybridized carbons (Fsp3) is 0.350. The Balaban J connectivity index is 2.52. The van der Waals surface area contributed by atoms with Gasteiger partial charge in [-0.25, -0.2) is 8.42 Å². The number of rotatable bonds is 8. The van der Waals surface area contributed by atoms with Crippen molar-refractivity contribution in [3.8, 4) is 6.07 Å². The van der Waals surface area contributed by atoms with Crippen LogP contribution in [0.3, 0.4) is 0 Å². The normalized spacial score (nSPS) is 12.9. The number of hydrogen-bond acceptors (Lipinski definition) is 4. The number of hydrogen-bond donors (Lipinski definition) is 1. The summed E-state index contributed by atoms with van der Waals surface area (Å²) < 4.78 is 106. The molecule has 0 fully saturated rings. The molecule has 2 aromatic rings. The third-order valence-electron chi connectivity index (χ3n) is 4.69. The lowest BCUT2D eigenvalue weighted by molar-refractivity contribution is -0.376. The number of sulfonamides is 1. The average molecular weight is 515 g/mol. The van der Waals surface area contributed by atoms with E-state index < -0.39 is 33.5 Å². The summed E-state index contributed by atoms with van der Waals surface area (Å²) in [6, 6.07) is 9.12. The van der Waals surface area contributed by atoms with Crippen molar-refractivity contribution in [3.63, 3.8) is 0 Å². The smallest absolute Gasteiger partial charge is 0.369 e. The first-order chi connectivity index (χ1) is 15.2. The zero-order chi connectivity index (χ0) is 25.1. The SMILES string of the molecule is N#CCCCCN(c1ccc(C(O)(C(F)(F)F)C(F)(F)F)cc1)S(=O)(=O)c1ccc(Cl)cc1. The summed E-state index contributed by atoms with van der Waals surface area (Å²) in [5, 5.41) is 18.4. The van der Waals surface area contributed by atoms with Crippen molar-refractivity contribution in [1.29, 1.82) is 5.26 Å². The number of nitriles is 1. The van der Waals surface area contributed by atoms with Gasteiger partial charge >= 0.3 is 12.4 Å². The van der Waals surface area contributed by atoms with E-state index in [-0.39, 0.29) is 35.0 Å². The number of nitrogens with zero attached hydrogens (tertiary/aromatic N) is 2. The molecule has 0 saturated carbocycles. The van der Waals surface area contributed by atoms with Crippen LogP contribution in [0.25, 0.3) is 0 Å². The van der Waals surface area contributed by atoms with Crippen molar-refractivity contribution in [1.82, 2.24) is 0 Å². The third-order valence-corrected chi connectivity index (χ3v) is 6.79. The van der Waals surface area contributed by atoms with E-state index in [4.69, 9.17) is 16.9 Å². The number of aliphatic hydroxyl groups is 1. The van der Waals surface area contributed by atoms with Crippen molar-refractivity contribution in [3.05, 3.63) is 59.1 Å². The molecule has 0 aliphatic heterocycles. The molecule has 0 bridgehead atoms. The van der Waals surface area contributed by atoms with Gasteiger partial charge in [0, 0.05) is 23.6 Å². The highest BCUT2D eigenvalue weighted by molar-refractivity contribution is 7.92. The van der Waals surface area contributed by atoms with E-state index in [1.807, 2.05) is 6.07 Å². The van der Waals surface area contributed by atoms with Gasteiger partial charge in [-0.15, -0.1) is 0 Å². The first-order valence-corrected chi connectivity index (χ1v) is 11.1. The summed E-state index contributed by atoms with van der Waals surface area (Å²) in [6.45, 7) is -0.200. The number of benzene rings is 2. The number of alkyl halides is 6. The zero-order valence-electron chi connectivity index (χ0n) is 16.7. The second-order valence-corrected chi connectivity index (χ2v) is 9.20. The molecule has 0 aliphatic rings. The maximum atomic E-state index is 13.1. The van der Waals surface area contributed by atoms with Crippen molar-refractivity contribution < 1.29 is 39.9 Å². The van der Waals surface area contributed by atoms with Gasteiger partial charge < -0.3 is 5.11 Å². The van der Waals surface area contributed by atoms with Gasteiger partial charge in [-0.3, -0.25) is 4.31 Å². The molecule has 0 radical (unpaired) electrons. The van der Waals surface area contributed by atoms with Crippen LogP contribution in [0, 0.1) is 11.3 Å². The van der Waals surface area contributed by atoms with E-state index in [9.17, 15) is 39.9 Å². The predicted octanol–water partition coefficient (Wildman–Crippen LogP) is 5.54. The van der Waals surface area contributed by atoms with Crippen molar-refractivity contribution >= 4 is 27.3 Å². The van der Waals surface area contributed by atoms with Crippen LogP contribution in [-0.4, -0.2) is 32.4 Å². The van der Waals surface area contributed by atoms with Crippen LogP contribution in [0.2, 0.25) is 5.02 Å². The molecule has 180 valence electrons. The van der Waals surface area contributed by atoms with Gasteiger partial charge in [-0.05, 0) is 49.2 Å². The molecule has 2 rings (SSSR count). The molecule has 5 nitrogen and oxygen atoms in total. The molecule has 0 amide bonds. The summed E-state index contributed by atoms with van der Waals surface area (Å²) in [4.78, 5) is -0.210. The van der Waals surface area contributed by atoms with Crippen molar-refractivity contribution in [2.45, 2.75) is 42.1 Å². The van der Waals surface area contributed by atoms with Gasteiger partial charge in [0.05, 0.1) is 16.7 Å². The maximum Gasteiger partial charge on any atom is 0.430 e. The van der Waals surface area contributed by atoms with Gasteiger partial charge in [-0.1, -0.05) is 23.7 Å². The zero-order valence-corrected chi connectivity index (χ0v) is 18.2. The topological polar surface area (TPSA) is 81.4 Å². The van der Waals surface area contributed by atoms with Gasteiger partial charge in [0.25, 0.3) is 15.6 Å². The highest BCUT2D eigenvalue weighted by atomic mass is 35.5. The predicted molar refractivity (Wildman–Crippen MR) is 108 cm³/mol. The third kappa shape index (κ3) is 5.54. The van der Waals surface area contributed by atoms with Crippen molar-refractivity contribution in [2.75, 3.05) is 10.8 Å². The molecule has 0 saturated heterocycles. The summed E-state index contributed by atoms with van der Waals surface area (Å²) in [7, 11) is -4.28. The molecular weight excluding hydrogens is 498 g/mol. The Hall–Kier alpha value is -2.49. The Kier molecular flexibility index (Phi) is 7.94. The molecule has 13 heteroatoms. The maximum absolute atomic E-state index is 13.1. The summed E-state index contributed by atoms with van der Waals surface area (Å²) in [5.74, 6) is 0. The number of unbranched alkanes of at least 4 members (excludes halogenated alkanes) is 2. The van der Waals surface area contributed by atoms with Gasteiger partial charge in [0.2, 0.25) is 0 Å². The monoisotopic (exact) mass is 514 g/mol. The highest BCUT2D eigenvalue weighted by Crippen LogP contribution is 2.50. The molecular formula is C20H17ClF6N2O3S. The van der Waals surface area contributed by atoms with E-state index in [0.717, 1.165) is 16.4 Å².